The third-order valence-corrected chi connectivity index (χ3v) is 0.376. The van der Waals surface area contributed by atoms with E-state index < -0.39 is 0 Å². The maximum atomic E-state index is 4.20. The van der Waals surface area contributed by atoms with Crippen LogP contribution in [-0.2, 0) is 15.5 Å². The normalized spacial score (nSPS) is 6.50. The van der Waals surface area contributed by atoms with Gasteiger partial charge in [-0.15, -0.1) is 0 Å². The molecule has 0 fully saturated rings. The summed E-state index contributed by atoms with van der Waals surface area (Å²) in [4.78, 5) is 0. The molecule has 0 unspecified atom stereocenters. The van der Waals surface area contributed by atoms with Gasteiger partial charge in [0.1, 0.15) is 0 Å². The molecule has 0 aromatic rings. The molecule has 0 aromatic heterocycles. The zero-order valence-electron chi connectivity index (χ0n) is 2.31. The Morgan fingerprint density at radius 3 is 2.25 bits per heavy atom. The Labute approximate surface area is 34.3 Å². The van der Waals surface area contributed by atoms with Gasteiger partial charge in [0.05, 0.1) is 0 Å². The topological polar surface area (TPSA) is 0 Å². The molecule has 0 aliphatic carbocycles. The van der Waals surface area contributed by atoms with Crippen LogP contribution in [0.4, 0.5) is 0 Å². The standard InChI is InChI=1S/C3H5.Ni/c1-3-2;/h3H,1-2H2;/i;1-58. The summed E-state index contributed by atoms with van der Waals surface area (Å²) in [7, 11) is 0. The van der Waals surface area contributed by atoms with Crippen molar-refractivity contribution in [1.82, 2.24) is 0 Å². The van der Waals surface area contributed by atoms with Crippen LogP contribution in [0.3, 0.4) is 0 Å². The van der Waals surface area contributed by atoms with Crippen molar-refractivity contribution < 1.29 is 15.5 Å². The molecular weight excluding hydrogens is 37.0 g/mol. The van der Waals surface area contributed by atoms with Crippen LogP contribution in [0.2, 0.25) is 5.39 Å². The molecule has 0 heterocycles. The van der Waals surface area contributed by atoms with Crippen LogP contribution in [0.1, 0.15) is 0 Å². The minimum absolute atomic E-state index is 0.708. The van der Waals surface area contributed by atoms with E-state index in [4.69, 9.17) is 0 Å². The first kappa shape index (κ1) is 4.23. The van der Waals surface area contributed by atoms with Crippen molar-refractivity contribution >= 4 is 0 Å². The molecule has 0 radical (unpaired) electrons. The van der Waals surface area contributed by atoms with E-state index in [1.54, 1.807) is 6.08 Å². The van der Waals surface area contributed by atoms with Crippen LogP contribution >= 0.6 is 0 Å². The van der Waals surface area contributed by atoms with E-state index >= 15 is 0 Å². The van der Waals surface area contributed by atoms with E-state index in [1.807, 2.05) is 0 Å². The molecule has 0 nitrogen and oxygen atoms in total. The summed E-state index contributed by atoms with van der Waals surface area (Å²) >= 11 is 4.20. The fraction of sp³-hybridized carbons (Fsp3) is 0.333. The average Bonchev–Trinajstić information content (AvgIpc) is 1.37. The van der Waals surface area contributed by atoms with Crippen LogP contribution < -0.4 is 0 Å². The molecule has 0 spiro atoms. The van der Waals surface area contributed by atoms with E-state index in [1.165, 1.54) is 0 Å². The molecule has 0 rings (SSSR count). The molecular formula is C3H5Ni. The molecule has 1 heteroatoms. The Morgan fingerprint density at radius 1 is 2.00 bits per heavy atom. The second-order valence-corrected chi connectivity index (χ2v) is 0.821. The Kier molecular flexibility index (Phi) is 3.42. The molecule has 0 N–H and O–H groups in total. The molecule has 0 atom stereocenters. The maximum absolute atomic E-state index is 4.20. The van der Waals surface area contributed by atoms with Gasteiger partial charge in [-0.05, 0) is 0 Å². The molecule has 0 aliphatic rings. The van der Waals surface area contributed by atoms with E-state index in [0.717, 1.165) is 0 Å². The molecule has 0 bridgehead atoms. The number of hydrogen-bond acceptors (Lipinski definition) is 0. The summed E-state index contributed by atoms with van der Waals surface area (Å²) < 4.78 is 0. The molecule has 27 valence electrons. The van der Waals surface area contributed by atoms with Crippen LogP contribution in [0, 0.1) is 0 Å². The number of allylic oxidation sites excluding steroid dienone is 1. The minimum atomic E-state index is 0.708. The second kappa shape index (κ2) is 3.23. The van der Waals surface area contributed by atoms with Crippen molar-refractivity contribution in [3.05, 3.63) is 12.7 Å². The summed E-state index contributed by atoms with van der Waals surface area (Å²) in [6.07, 6.45) is 1.71. The van der Waals surface area contributed by atoms with Gasteiger partial charge in [0, 0.05) is 0 Å². The number of rotatable bonds is 1. The van der Waals surface area contributed by atoms with Gasteiger partial charge in [0.15, 0.2) is 0 Å². The predicted molar refractivity (Wildman–Crippen MR) is 15.0 cm³/mol. The summed E-state index contributed by atoms with van der Waals surface area (Å²) in [5, 5.41) is 0.708. The van der Waals surface area contributed by atoms with E-state index in [9.17, 15) is 0 Å². The zero-order chi connectivity index (χ0) is 3.41. The SMILES string of the molecule is C=C[CH2][1Ni]. The van der Waals surface area contributed by atoms with Gasteiger partial charge in [-0.1, -0.05) is 0 Å². The van der Waals surface area contributed by atoms with E-state index in [-0.39, 0.29) is 0 Å². The van der Waals surface area contributed by atoms with Crippen molar-refractivity contribution in [3.63, 3.8) is 0 Å². The summed E-state index contributed by atoms with van der Waals surface area (Å²) in [6.45, 7) is 3.39. The molecule has 0 saturated heterocycles. The quantitative estimate of drug-likeness (QED) is 0.305. The van der Waals surface area contributed by atoms with E-state index in [0.29, 0.717) is 5.39 Å². The van der Waals surface area contributed by atoms with Crippen LogP contribution in [0.25, 0.3) is 0 Å². The van der Waals surface area contributed by atoms with E-state index in [2.05, 4.69) is 22.0 Å². The van der Waals surface area contributed by atoms with Crippen LogP contribution in [0.15, 0.2) is 12.7 Å². The predicted octanol–water partition coefficient (Wildman–Crippen LogP) is 1.14. The molecule has 0 saturated carbocycles. The Balaban J connectivity index is 2.30. The first-order valence-corrected chi connectivity index (χ1v) is 1.74. The van der Waals surface area contributed by atoms with Gasteiger partial charge < -0.3 is 0 Å². The Bertz CT molecular complexity index is 17.2. The third-order valence-electron chi connectivity index (χ3n) is 0.0913. The van der Waals surface area contributed by atoms with Crippen molar-refractivity contribution in [2.24, 2.45) is 0 Å². The van der Waals surface area contributed by atoms with Crippen molar-refractivity contribution in [2.75, 3.05) is 0 Å². The molecule has 0 aliphatic heterocycles. The molecule has 0 aromatic carbocycles. The van der Waals surface area contributed by atoms with Gasteiger partial charge in [-0.3, -0.25) is 0 Å². The molecule has 4 heavy (non-hydrogen) atoms. The Morgan fingerprint density at radius 2 is 2.25 bits per heavy atom. The van der Waals surface area contributed by atoms with Crippen LogP contribution in [0.5, 0.6) is 0 Å². The van der Waals surface area contributed by atoms with Gasteiger partial charge >= 0.3 is 33.5 Å². The Hall–Kier alpha value is 0.234. The molecule has 0 amide bonds. The second-order valence-electron chi connectivity index (χ2n) is 0.418. The van der Waals surface area contributed by atoms with Gasteiger partial charge in [-0.25, -0.2) is 0 Å². The van der Waals surface area contributed by atoms with Gasteiger partial charge in [0.25, 0.3) is 0 Å². The average molecular weight is 42.1 g/mol. The monoisotopic (exact) mass is 42.0 g/mol. The van der Waals surface area contributed by atoms with Gasteiger partial charge in [0.2, 0.25) is 0 Å². The summed E-state index contributed by atoms with van der Waals surface area (Å²) in [5.41, 5.74) is 0. The number of hydrogen-bond donors (Lipinski definition) is 0. The van der Waals surface area contributed by atoms with Gasteiger partial charge in [-0.2, -0.15) is 0 Å². The van der Waals surface area contributed by atoms with Crippen molar-refractivity contribution in [1.29, 1.82) is 0 Å². The summed E-state index contributed by atoms with van der Waals surface area (Å²) in [6, 6.07) is 0. The van der Waals surface area contributed by atoms with Crippen molar-refractivity contribution in [3.8, 4) is 0 Å². The zero-order valence-corrected chi connectivity index (χ0v) is 3.30. The summed E-state index contributed by atoms with van der Waals surface area (Å²) in [5.74, 6) is 0. The third kappa shape index (κ3) is 2.23. The van der Waals surface area contributed by atoms with Crippen LogP contribution in [-0.4, -0.2) is 0 Å². The fourth-order valence-electron chi connectivity index (χ4n) is 0. The first-order valence-electron chi connectivity index (χ1n) is 1.04. The van der Waals surface area contributed by atoms with Crippen molar-refractivity contribution in [2.45, 2.75) is 5.39 Å². The first-order chi connectivity index (χ1) is 1.91. The fourth-order valence-corrected chi connectivity index (χ4v) is 0.